The van der Waals surface area contributed by atoms with Gasteiger partial charge in [0, 0.05) is 49.7 Å². The maximum Gasteiger partial charge on any atom is 0.247 e. The summed E-state index contributed by atoms with van der Waals surface area (Å²) in [6.07, 6.45) is 2.72. The fourth-order valence-corrected chi connectivity index (χ4v) is 4.25. The predicted octanol–water partition coefficient (Wildman–Crippen LogP) is 3.41. The second-order valence-corrected chi connectivity index (χ2v) is 8.56. The molecule has 0 saturated carbocycles. The van der Waals surface area contributed by atoms with Crippen LogP contribution in [-0.2, 0) is 4.79 Å². The molecule has 0 atom stereocenters. The number of aromatic nitrogens is 3. The van der Waals surface area contributed by atoms with Crippen LogP contribution in [-0.4, -0.2) is 70.4 Å². The van der Waals surface area contributed by atoms with E-state index in [9.17, 15) is 9.18 Å². The van der Waals surface area contributed by atoms with Crippen molar-refractivity contribution >= 4 is 40.0 Å². The lowest BCUT2D eigenvalue weighted by atomic mass is 10.1. The molecule has 1 aliphatic heterocycles. The SMILES string of the molecule is C=CC(=O)Nc1cccc(-c2onc3cnc(Nc4ccc(N5CCN(CCO)CC5)c(F)c4)nc23)c1. The Labute approximate surface area is 212 Å². The molecule has 37 heavy (non-hydrogen) atoms. The molecular formula is C26H26FN7O3. The molecule has 1 amide bonds. The average molecular weight is 504 g/mol. The molecule has 0 spiro atoms. The number of nitrogens with zero attached hydrogens (tertiary/aromatic N) is 5. The topological polar surface area (TPSA) is 120 Å². The van der Waals surface area contributed by atoms with E-state index in [-0.39, 0.29) is 24.3 Å². The monoisotopic (exact) mass is 503 g/mol. The number of piperazine rings is 1. The Bertz CT molecular complexity index is 1430. The highest BCUT2D eigenvalue weighted by Gasteiger charge is 2.20. The van der Waals surface area contributed by atoms with Crippen molar-refractivity contribution < 1.29 is 18.8 Å². The fourth-order valence-electron chi connectivity index (χ4n) is 4.25. The van der Waals surface area contributed by atoms with Gasteiger partial charge in [-0.25, -0.2) is 14.4 Å². The van der Waals surface area contributed by atoms with E-state index < -0.39 is 0 Å². The highest BCUT2D eigenvalue weighted by Crippen LogP contribution is 2.30. The van der Waals surface area contributed by atoms with E-state index in [0.29, 0.717) is 59.1 Å². The number of carbonyl (C=O) groups is 1. The molecule has 1 aliphatic rings. The molecule has 3 heterocycles. The number of hydrogen-bond donors (Lipinski definition) is 3. The number of hydrogen-bond acceptors (Lipinski definition) is 9. The summed E-state index contributed by atoms with van der Waals surface area (Å²) in [6, 6.07) is 12.0. The van der Waals surface area contributed by atoms with Crippen LogP contribution >= 0.6 is 0 Å². The third kappa shape index (κ3) is 5.42. The molecule has 0 aliphatic carbocycles. The van der Waals surface area contributed by atoms with Crippen LogP contribution in [0.1, 0.15) is 0 Å². The van der Waals surface area contributed by atoms with E-state index in [0.717, 1.165) is 13.1 Å². The van der Waals surface area contributed by atoms with Crippen LogP contribution in [0.25, 0.3) is 22.4 Å². The number of aliphatic hydroxyl groups excluding tert-OH is 1. The maximum absolute atomic E-state index is 15.0. The number of rotatable bonds is 8. The minimum Gasteiger partial charge on any atom is -0.395 e. The van der Waals surface area contributed by atoms with E-state index in [2.05, 4.69) is 37.2 Å². The summed E-state index contributed by atoms with van der Waals surface area (Å²) in [7, 11) is 0. The van der Waals surface area contributed by atoms with Crippen molar-refractivity contribution in [3.05, 3.63) is 67.1 Å². The van der Waals surface area contributed by atoms with Gasteiger partial charge in [-0.2, -0.15) is 0 Å². The van der Waals surface area contributed by atoms with Gasteiger partial charge in [0.05, 0.1) is 18.5 Å². The number of halogens is 1. The zero-order chi connectivity index (χ0) is 25.8. The zero-order valence-electron chi connectivity index (χ0n) is 20.0. The minimum atomic E-state index is -0.342. The lowest BCUT2D eigenvalue weighted by molar-refractivity contribution is -0.111. The molecule has 10 nitrogen and oxygen atoms in total. The third-order valence-electron chi connectivity index (χ3n) is 6.13. The molecule has 4 aromatic rings. The quantitative estimate of drug-likeness (QED) is 0.311. The lowest BCUT2D eigenvalue weighted by Gasteiger charge is -2.36. The van der Waals surface area contributed by atoms with Crippen LogP contribution in [0, 0.1) is 5.82 Å². The Morgan fingerprint density at radius 3 is 2.76 bits per heavy atom. The van der Waals surface area contributed by atoms with E-state index in [1.807, 2.05) is 11.0 Å². The normalized spacial score (nSPS) is 14.1. The standard InChI is InChI=1S/C26H26FN7O3/c1-2-23(36)29-18-5-3-4-17(14-18)25-24-21(32-37-25)16-28-26(31-24)30-19-6-7-22(20(27)15-19)34-10-8-33(9-11-34)12-13-35/h2-7,14-16,35H,1,8-13H2,(H,29,36)(H,30,31). The number of aliphatic hydroxyl groups is 1. The van der Waals surface area contributed by atoms with Gasteiger partial charge in [0.1, 0.15) is 11.3 Å². The third-order valence-corrected chi connectivity index (χ3v) is 6.13. The summed E-state index contributed by atoms with van der Waals surface area (Å²) in [6.45, 7) is 7.15. The van der Waals surface area contributed by atoms with Gasteiger partial charge in [0.2, 0.25) is 11.9 Å². The molecule has 1 fully saturated rings. The Morgan fingerprint density at radius 2 is 2.00 bits per heavy atom. The van der Waals surface area contributed by atoms with E-state index in [4.69, 9.17) is 9.63 Å². The molecule has 2 aromatic heterocycles. The molecule has 0 unspecified atom stereocenters. The molecule has 2 aromatic carbocycles. The van der Waals surface area contributed by atoms with Crippen LogP contribution in [0.4, 0.5) is 27.4 Å². The average Bonchev–Trinajstić information content (AvgIpc) is 3.33. The molecule has 0 radical (unpaired) electrons. The zero-order valence-corrected chi connectivity index (χ0v) is 20.0. The van der Waals surface area contributed by atoms with E-state index >= 15 is 0 Å². The number of fused-ring (bicyclic) bond motifs is 1. The Hall–Kier alpha value is -4.35. The first-order valence-electron chi connectivity index (χ1n) is 11.8. The summed E-state index contributed by atoms with van der Waals surface area (Å²) in [5.41, 5.74) is 3.22. The van der Waals surface area contributed by atoms with E-state index in [1.54, 1.807) is 30.3 Å². The Morgan fingerprint density at radius 1 is 1.16 bits per heavy atom. The van der Waals surface area contributed by atoms with Gasteiger partial charge >= 0.3 is 0 Å². The van der Waals surface area contributed by atoms with E-state index in [1.165, 1.54) is 18.3 Å². The van der Waals surface area contributed by atoms with Crippen molar-refractivity contribution in [1.82, 2.24) is 20.0 Å². The Kier molecular flexibility index (Phi) is 7.06. The summed E-state index contributed by atoms with van der Waals surface area (Å²) < 4.78 is 20.5. The van der Waals surface area contributed by atoms with Crippen LogP contribution in [0.15, 0.2) is 65.8 Å². The molecular weight excluding hydrogens is 477 g/mol. The molecule has 5 rings (SSSR count). The highest BCUT2D eigenvalue weighted by molar-refractivity contribution is 5.99. The van der Waals surface area contributed by atoms with Crippen molar-refractivity contribution in [2.45, 2.75) is 0 Å². The summed E-state index contributed by atoms with van der Waals surface area (Å²) in [4.78, 5) is 24.6. The highest BCUT2D eigenvalue weighted by atomic mass is 19.1. The van der Waals surface area contributed by atoms with Gasteiger partial charge in [-0.05, 0) is 36.4 Å². The summed E-state index contributed by atoms with van der Waals surface area (Å²) >= 11 is 0. The van der Waals surface area contributed by atoms with Crippen molar-refractivity contribution in [2.24, 2.45) is 0 Å². The molecule has 1 saturated heterocycles. The number of anilines is 4. The lowest BCUT2D eigenvalue weighted by Crippen LogP contribution is -2.47. The number of amides is 1. The van der Waals surface area contributed by atoms with Crippen LogP contribution in [0.5, 0.6) is 0 Å². The number of nitrogens with one attached hydrogen (secondary N) is 2. The second kappa shape index (κ2) is 10.7. The van der Waals surface area contributed by atoms with Crippen molar-refractivity contribution in [3.63, 3.8) is 0 Å². The minimum absolute atomic E-state index is 0.124. The van der Waals surface area contributed by atoms with Crippen LogP contribution in [0.3, 0.4) is 0 Å². The maximum atomic E-state index is 15.0. The van der Waals surface area contributed by atoms with Gasteiger partial charge < -0.3 is 25.2 Å². The molecule has 3 N–H and O–H groups in total. The smallest absolute Gasteiger partial charge is 0.247 e. The van der Waals surface area contributed by atoms with Gasteiger partial charge in [-0.15, -0.1) is 0 Å². The number of β-amino-alcohol motifs (C(OH)–C–C–N with tert-alkyl or cyclic N) is 1. The molecule has 0 bridgehead atoms. The summed E-state index contributed by atoms with van der Waals surface area (Å²) in [5.74, 6) is 0.0104. The van der Waals surface area contributed by atoms with Gasteiger partial charge in [0.25, 0.3) is 0 Å². The van der Waals surface area contributed by atoms with Gasteiger partial charge in [0.15, 0.2) is 11.3 Å². The summed E-state index contributed by atoms with van der Waals surface area (Å²) in [5, 5.41) is 18.9. The fraction of sp³-hybridized carbons (Fsp3) is 0.231. The Balaban J connectivity index is 1.34. The first kappa shape index (κ1) is 24.3. The first-order valence-corrected chi connectivity index (χ1v) is 11.8. The second-order valence-electron chi connectivity index (χ2n) is 8.56. The van der Waals surface area contributed by atoms with Gasteiger partial charge in [-0.3, -0.25) is 9.69 Å². The number of benzene rings is 2. The van der Waals surface area contributed by atoms with Crippen molar-refractivity contribution in [2.75, 3.05) is 54.9 Å². The van der Waals surface area contributed by atoms with Gasteiger partial charge in [-0.1, -0.05) is 23.9 Å². The van der Waals surface area contributed by atoms with Crippen molar-refractivity contribution in [1.29, 1.82) is 0 Å². The largest absolute Gasteiger partial charge is 0.395 e. The predicted molar refractivity (Wildman–Crippen MR) is 139 cm³/mol. The van der Waals surface area contributed by atoms with Crippen LogP contribution in [0.2, 0.25) is 0 Å². The van der Waals surface area contributed by atoms with Crippen molar-refractivity contribution in [3.8, 4) is 11.3 Å². The molecule has 190 valence electrons. The first-order chi connectivity index (χ1) is 18.0. The molecule has 11 heteroatoms. The number of carbonyl (C=O) groups excluding carboxylic acids is 1. The van der Waals surface area contributed by atoms with Crippen LogP contribution < -0.4 is 15.5 Å².